The number of amides is 2. The number of likely N-dealkylation sites (tertiary alicyclic amines) is 1. The van der Waals surface area contributed by atoms with Crippen LogP contribution in [0, 0.1) is 10.1 Å². The average Bonchev–Trinajstić information content (AvgIpc) is 3.09. The third kappa shape index (κ3) is 6.91. The van der Waals surface area contributed by atoms with Gasteiger partial charge in [-0.3, -0.25) is 19.7 Å². The zero-order valence-electron chi connectivity index (χ0n) is 17.9. The molecule has 1 fully saturated rings. The molecule has 0 spiro atoms. The Kier molecular flexibility index (Phi) is 8.78. The van der Waals surface area contributed by atoms with Crippen molar-refractivity contribution in [1.82, 2.24) is 9.21 Å². The molecule has 10 nitrogen and oxygen atoms in total. The third-order valence-electron chi connectivity index (χ3n) is 4.89. The number of ether oxygens (including phenoxy) is 1. The highest BCUT2D eigenvalue weighted by molar-refractivity contribution is 7.89. The summed E-state index contributed by atoms with van der Waals surface area (Å²) in [5, 5.41) is 11.1. The monoisotopic (exact) mass is 455 g/mol. The van der Waals surface area contributed by atoms with Crippen LogP contribution in [0.25, 0.3) is 0 Å². The molecule has 0 aliphatic carbocycles. The number of nitrogens with zero attached hydrogens (tertiary/aromatic N) is 3. The zero-order chi connectivity index (χ0) is 23.0. The summed E-state index contributed by atoms with van der Waals surface area (Å²) in [6, 6.07) is 5.80. The van der Waals surface area contributed by atoms with Gasteiger partial charge in [-0.25, -0.2) is 12.7 Å². The minimum atomic E-state index is -3.80. The number of carbonyl (C=O) groups excluding carboxylic acids is 2. The van der Waals surface area contributed by atoms with Crippen LogP contribution in [0.4, 0.5) is 5.69 Å². The van der Waals surface area contributed by atoms with Gasteiger partial charge in [-0.1, -0.05) is 19.1 Å². The Morgan fingerprint density at radius 3 is 2.68 bits per heavy atom. The van der Waals surface area contributed by atoms with Crippen LogP contribution in [0.1, 0.15) is 46.0 Å². The number of hydrogen-bond acceptors (Lipinski definition) is 7. The second-order valence-electron chi connectivity index (χ2n) is 7.48. The van der Waals surface area contributed by atoms with Crippen molar-refractivity contribution < 1.29 is 27.7 Å². The smallest absolute Gasteiger partial charge is 0.310 e. The number of para-hydroxylation sites is 2. The Hall–Kier alpha value is -2.69. The van der Waals surface area contributed by atoms with E-state index in [-0.39, 0.29) is 36.1 Å². The number of carbonyl (C=O) groups is 2. The molecule has 0 radical (unpaired) electrons. The summed E-state index contributed by atoms with van der Waals surface area (Å²) in [6.45, 7) is 4.29. The van der Waals surface area contributed by atoms with Crippen molar-refractivity contribution in [3.8, 4) is 5.75 Å². The van der Waals surface area contributed by atoms with Crippen LogP contribution in [0.15, 0.2) is 24.3 Å². The second-order valence-corrected chi connectivity index (χ2v) is 9.49. The summed E-state index contributed by atoms with van der Waals surface area (Å²) in [4.78, 5) is 36.8. The van der Waals surface area contributed by atoms with Crippen molar-refractivity contribution in [1.29, 1.82) is 0 Å². The summed E-state index contributed by atoms with van der Waals surface area (Å²) >= 11 is 0. The first kappa shape index (κ1) is 24.6. The summed E-state index contributed by atoms with van der Waals surface area (Å²) in [5.74, 6) is -0.739. The van der Waals surface area contributed by atoms with E-state index in [0.29, 0.717) is 32.4 Å². The number of benzene rings is 1. The molecule has 1 aromatic carbocycles. The minimum absolute atomic E-state index is 0.0170. The fourth-order valence-corrected chi connectivity index (χ4v) is 4.97. The van der Waals surface area contributed by atoms with Gasteiger partial charge in [-0.15, -0.1) is 0 Å². The van der Waals surface area contributed by atoms with E-state index in [0.717, 1.165) is 10.7 Å². The van der Waals surface area contributed by atoms with Gasteiger partial charge in [0.2, 0.25) is 21.8 Å². The Morgan fingerprint density at radius 2 is 2.06 bits per heavy atom. The number of sulfonamides is 1. The van der Waals surface area contributed by atoms with Gasteiger partial charge in [0.1, 0.15) is 6.10 Å². The van der Waals surface area contributed by atoms with Crippen LogP contribution in [-0.4, -0.2) is 65.9 Å². The fraction of sp³-hybridized carbons (Fsp3) is 0.600. The van der Waals surface area contributed by atoms with Gasteiger partial charge in [-0.05, 0) is 32.3 Å². The Labute approximate surface area is 182 Å². The van der Waals surface area contributed by atoms with E-state index in [1.165, 1.54) is 18.2 Å². The molecule has 1 aliphatic rings. The van der Waals surface area contributed by atoms with Gasteiger partial charge < -0.3 is 9.64 Å². The van der Waals surface area contributed by atoms with E-state index in [1.54, 1.807) is 24.8 Å². The summed E-state index contributed by atoms with van der Waals surface area (Å²) in [5.41, 5.74) is -0.229. The normalized spacial score (nSPS) is 15.0. The molecule has 1 saturated heterocycles. The molecule has 0 saturated carbocycles. The lowest BCUT2D eigenvalue weighted by atomic mass is 10.2. The van der Waals surface area contributed by atoms with Crippen molar-refractivity contribution in [3.05, 3.63) is 34.4 Å². The summed E-state index contributed by atoms with van der Waals surface area (Å²) < 4.78 is 31.7. The molecule has 0 N–H and O–H groups in total. The van der Waals surface area contributed by atoms with Gasteiger partial charge in [-0.2, -0.15) is 0 Å². The Balaban J connectivity index is 2.04. The molecule has 31 heavy (non-hydrogen) atoms. The maximum absolute atomic E-state index is 12.8. The van der Waals surface area contributed by atoms with Crippen molar-refractivity contribution >= 4 is 27.5 Å². The number of nitro benzene ring substituents is 1. The summed E-state index contributed by atoms with van der Waals surface area (Å²) in [7, 11) is -3.80. The largest absolute Gasteiger partial charge is 0.483 e. The SMILES string of the molecule is CCCS(=O)(=O)N(CCCN1CCCC1=O)C(=O)CC(C)Oc1ccccc1[N+](=O)[O-]. The molecule has 11 heteroatoms. The van der Waals surface area contributed by atoms with Crippen molar-refractivity contribution in [3.63, 3.8) is 0 Å². The van der Waals surface area contributed by atoms with Gasteiger partial charge in [0.15, 0.2) is 5.75 Å². The first-order valence-corrected chi connectivity index (χ1v) is 12.0. The van der Waals surface area contributed by atoms with E-state index in [4.69, 9.17) is 4.74 Å². The van der Waals surface area contributed by atoms with Crippen LogP contribution in [0.2, 0.25) is 0 Å². The standard InChI is InChI=1S/C20H29N3O7S/c1-3-14-31(28,29)22(13-7-12-21-11-6-10-19(21)24)20(25)15-16(2)30-18-9-5-4-8-17(18)23(26)27/h4-5,8-9,16H,3,6-7,10-15H2,1-2H3. The van der Waals surface area contributed by atoms with Crippen molar-refractivity contribution in [2.45, 2.75) is 52.1 Å². The van der Waals surface area contributed by atoms with Crippen molar-refractivity contribution in [2.75, 3.05) is 25.4 Å². The quantitative estimate of drug-likeness (QED) is 0.349. The number of nitro groups is 1. The predicted octanol–water partition coefficient (Wildman–Crippen LogP) is 2.33. The first-order chi connectivity index (χ1) is 14.7. The van der Waals surface area contributed by atoms with E-state index >= 15 is 0 Å². The zero-order valence-corrected chi connectivity index (χ0v) is 18.7. The Morgan fingerprint density at radius 1 is 1.35 bits per heavy atom. The molecule has 2 amide bonds. The van der Waals surface area contributed by atoms with Crippen LogP contribution >= 0.6 is 0 Å². The van der Waals surface area contributed by atoms with Gasteiger partial charge >= 0.3 is 5.69 Å². The molecule has 0 aromatic heterocycles. The molecule has 1 atom stereocenters. The van der Waals surface area contributed by atoms with Crippen molar-refractivity contribution in [2.24, 2.45) is 0 Å². The highest BCUT2D eigenvalue weighted by atomic mass is 32.2. The second kappa shape index (κ2) is 11.1. The fourth-order valence-electron chi connectivity index (χ4n) is 3.45. The highest BCUT2D eigenvalue weighted by Crippen LogP contribution is 2.27. The van der Waals surface area contributed by atoms with Crippen LogP contribution < -0.4 is 4.74 Å². The van der Waals surface area contributed by atoms with Gasteiger partial charge in [0, 0.05) is 32.1 Å². The predicted molar refractivity (Wildman–Crippen MR) is 114 cm³/mol. The van der Waals surface area contributed by atoms with E-state index < -0.39 is 27.0 Å². The van der Waals surface area contributed by atoms with Crippen LogP contribution in [0.3, 0.4) is 0 Å². The molecular formula is C20H29N3O7S. The molecule has 0 bridgehead atoms. The Bertz CT molecular complexity index is 904. The molecule has 1 aromatic rings. The topological polar surface area (TPSA) is 127 Å². The van der Waals surface area contributed by atoms with Gasteiger partial charge in [0.25, 0.3) is 0 Å². The van der Waals surface area contributed by atoms with Crippen LogP contribution in [0.5, 0.6) is 5.75 Å². The molecule has 2 rings (SSSR count). The average molecular weight is 456 g/mol. The van der Waals surface area contributed by atoms with E-state index in [2.05, 4.69) is 0 Å². The molecular weight excluding hydrogens is 426 g/mol. The maximum Gasteiger partial charge on any atom is 0.310 e. The van der Waals surface area contributed by atoms with Gasteiger partial charge in [0.05, 0.1) is 17.1 Å². The van der Waals surface area contributed by atoms with E-state index in [1.807, 2.05) is 0 Å². The molecule has 1 aliphatic heterocycles. The summed E-state index contributed by atoms with van der Waals surface area (Å²) in [6.07, 6.45) is 0.970. The lowest BCUT2D eigenvalue weighted by Gasteiger charge is -2.25. The molecule has 1 unspecified atom stereocenters. The van der Waals surface area contributed by atoms with E-state index in [9.17, 15) is 28.1 Å². The van der Waals surface area contributed by atoms with Crippen LogP contribution in [-0.2, 0) is 19.6 Å². The molecule has 1 heterocycles. The first-order valence-electron chi connectivity index (χ1n) is 10.4. The minimum Gasteiger partial charge on any atom is -0.483 e. The number of hydrogen-bond donors (Lipinski definition) is 0. The lowest BCUT2D eigenvalue weighted by Crippen LogP contribution is -2.41. The molecule has 172 valence electrons. The highest BCUT2D eigenvalue weighted by Gasteiger charge is 2.29. The maximum atomic E-state index is 12.8. The number of rotatable bonds is 12. The lowest BCUT2D eigenvalue weighted by molar-refractivity contribution is -0.386. The third-order valence-corrected chi connectivity index (χ3v) is 6.87.